The van der Waals surface area contributed by atoms with Crippen molar-refractivity contribution in [2.75, 3.05) is 0 Å². The number of hydrogen-bond acceptors (Lipinski definition) is 3. The molecule has 1 saturated carbocycles. The maximum atomic E-state index is 11.0. The van der Waals surface area contributed by atoms with Crippen molar-refractivity contribution < 1.29 is 15.0 Å². The fraction of sp³-hybridized carbons (Fsp3) is 0.889. The van der Waals surface area contributed by atoms with Crippen molar-refractivity contribution in [1.82, 2.24) is 5.32 Å². The minimum absolute atomic E-state index is 0.126. The highest BCUT2D eigenvalue weighted by Crippen LogP contribution is 2.30. The molecule has 0 aromatic heterocycles. The number of hydrogen-bond donors (Lipinski definition) is 3. The molecule has 2 atom stereocenters. The number of rotatable bonds is 3. The van der Waals surface area contributed by atoms with Gasteiger partial charge in [-0.05, 0) is 26.7 Å². The molecule has 0 aromatic rings. The number of nitrogens with one attached hydrogen (secondary N) is 1. The van der Waals surface area contributed by atoms with Crippen LogP contribution in [0.1, 0.15) is 33.1 Å². The number of aliphatic carboxylic acids is 1. The van der Waals surface area contributed by atoms with Crippen LogP contribution in [0, 0.1) is 0 Å². The summed E-state index contributed by atoms with van der Waals surface area (Å²) in [6.45, 7) is 3.82. The zero-order valence-corrected chi connectivity index (χ0v) is 8.08. The molecule has 4 heteroatoms. The Kier molecular flexibility index (Phi) is 2.93. The van der Waals surface area contributed by atoms with Gasteiger partial charge in [-0.15, -0.1) is 0 Å². The molecule has 4 nitrogen and oxygen atoms in total. The molecule has 0 aliphatic heterocycles. The van der Waals surface area contributed by atoms with Crippen LogP contribution < -0.4 is 5.32 Å². The van der Waals surface area contributed by atoms with E-state index in [9.17, 15) is 9.90 Å². The first-order chi connectivity index (χ1) is 5.96. The molecule has 3 N–H and O–H groups in total. The summed E-state index contributed by atoms with van der Waals surface area (Å²) in [5.41, 5.74) is -0.895. The van der Waals surface area contributed by atoms with Gasteiger partial charge >= 0.3 is 5.97 Å². The Morgan fingerprint density at radius 2 is 2.23 bits per heavy atom. The van der Waals surface area contributed by atoms with Crippen molar-refractivity contribution in [1.29, 1.82) is 0 Å². The molecule has 0 bridgehead atoms. The van der Waals surface area contributed by atoms with Crippen LogP contribution >= 0.6 is 0 Å². The third-order valence-electron chi connectivity index (χ3n) is 2.46. The smallest absolute Gasteiger partial charge is 0.324 e. The van der Waals surface area contributed by atoms with Crippen molar-refractivity contribution in [3.8, 4) is 0 Å². The van der Waals surface area contributed by atoms with E-state index in [1.165, 1.54) is 0 Å². The van der Waals surface area contributed by atoms with Crippen molar-refractivity contribution in [2.45, 2.75) is 50.8 Å². The third-order valence-corrected chi connectivity index (χ3v) is 2.46. The van der Waals surface area contributed by atoms with Crippen molar-refractivity contribution >= 4 is 5.97 Å². The molecule has 0 heterocycles. The van der Waals surface area contributed by atoms with Gasteiger partial charge in [0, 0.05) is 12.5 Å². The highest BCUT2D eigenvalue weighted by atomic mass is 16.4. The van der Waals surface area contributed by atoms with E-state index in [-0.39, 0.29) is 6.04 Å². The molecule has 0 radical (unpaired) electrons. The SMILES string of the molecule is CC(C)NC1(C(=O)O)CCC(O)C1. The van der Waals surface area contributed by atoms with Crippen LogP contribution in [0.4, 0.5) is 0 Å². The van der Waals surface area contributed by atoms with Crippen LogP contribution in [0.3, 0.4) is 0 Å². The molecule has 76 valence electrons. The maximum absolute atomic E-state index is 11.0. The summed E-state index contributed by atoms with van der Waals surface area (Å²) in [4.78, 5) is 11.0. The van der Waals surface area contributed by atoms with Gasteiger partial charge in [-0.25, -0.2) is 0 Å². The zero-order chi connectivity index (χ0) is 10.1. The highest BCUT2D eigenvalue weighted by Gasteiger charge is 2.45. The van der Waals surface area contributed by atoms with Crippen LogP contribution in [-0.2, 0) is 4.79 Å². The lowest BCUT2D eigenvalue weighted by atomic mass is 9.96. The normalized spacial score (nSPS) is 34.0. The molecule has 0 saturated heterocycles. The Hall–Kier alpha value is -0.610. The minimum Gasteiger partial charge on any atom is -0.480 e. The predicted octanol–water partition coefficient (Wildman–Crippen LogP) is 0.353. The van der Waals surface area contributed by atoms with Crippen molar-refractivity contribution in [2.24, 2.45) is 0 Å². The summed E-state index contributed by atoms with van der Waals surface area (Å²) in [6.07, 6.45) is 0.941. The van der Waals surface area contributed by atoms with Gasteiger partial charge in [0.2, 0.25) is 0 Å². The second kappa shape index (κ2) is 3.64. The largest absolute Gasteiger partial charge is 0.480 e. The van der Waals surface area contributed by atoms with Gasteiger partial charge in [0.15, 0.2) is 0 Å². The number of carboxylic acid groups (broad SMARTS) is 1. The van der Waals surface area contributed by atoms with Gasteiger partial charge < -0.3 is 10.2 Å². The van der Waals surface area contributed by atoms with Crippen molar-refractivity contribution in [3.05, 3.63) is 0 Å². The average molecular weight is 187 g/mol. The Labute approximate surface area is 78.0 Å². The molecule has 1 aliphatic carbocycles. The summed E-state index contributed by atoms with van der Waals surface area (Å²) in [6, 6.07) is 0.126. The highest BCUT2D eigenvalue weighted by molar-refractivity contribution is 5.79. The Bertz CT molecular complexity index is 205. The number of aliphatic hydroxyl groups is 1. The summed E-state index contributed by atoms with van der Waals surface area (Å²) in [7, 11) is 0. The van der Waals surface area contributed by atoms with Crippen molar-refractivity contribution in [3.63, 3.8) is 0 Å². The van der Waals surface area contributed by atoms with E-state index in [1.54, 1.807) is 0 Å². The summed E-state index contributed by atoms with van der Waals surface area (Å²) >= 11 is 0. The lowest BCUT2D eigenvalue weighted by molar-refractivity contribution is -0.145. The molecular weight excluding hydrogens is 170 g/mol. The second-order valence-corrected chi connectivity index (χ2v) is 4.08. The Morgan fingerprint density at radius 1 is 1.62 bits per heavy atom. The van der Waals surface area contributed by atoms with E-state index >= 15 is 0 Å². The van der Waals surface area contributed by atoms with Gasteiger partial charge in [0.1, 0.15) is 5.54 Å². The lowest BCUT2D eigenvalue weighted by Crippen LogP contribution is -2.53. The third kappa shape index (κ3) is 2.19. The average Bonchev–Trinajstić information content (AvgIpc) is 2.31. The zero-order valence-electron chi connectivity index (χ0n) is 8.08. The fourth-order valence-corrected chi connectivity index (χ4v) is 1.96. The van der Waals surface area contributed by atoms with Crippen LogP contribution in [0.15, 0.2) is 0 Å². The molecule has 0 aromatic carbocycles. The quantitative estimate of drug-likeness (QED) is 0.596. The van der Waals surface area contributed by atoms with E-state index < -0.39 is 17.6 Å². The van der Waals surface area contributed by atoms with E-state index in [4.69, 9.17) is 5.11 Å². The molecule has 1 fully saturated rings. The summed E-state index contributed by atoms with van der Waals surface area (Å²) in [5.74, 6) is -0.849. The van der Waals surface area contributed by atoms with Crippen LogP contribution in [-0.4, -0.2) is 33.9 Å². The standard InChI is InChI=1S/C9H17NO3/c1-6(2)10-9(8(12)13)4-3-7(11)5-9/h6-7,10-11H,3-5H2,1-2H3,(H,12,13). The van der Waals surface area contributed by atoms with E-state index in [0.717, 1.165) is 0 Å². The molecule has 0 amide bonds. The minimum atomic E-state index is -0.895. The molecule has 2 unspecified atom stereocenters. The molecule has 0 spiro atoms. The number of carboxylic acids is 1. The monoisotopic (exact) mass is 187 g/mol. The molecule has 13 heavy (non-hydrogen) atoms. The Morgan fingerprint density at radius 3 is 2.54 bits per heavy atom. The Balaban J connectivity index is 2.71. The molecular formula is C9H17NO3. The van der Waals surface area contributed by atoms with Crippen LogP contribution in [0.5, 0.6) is 0 Å². The fourth-order valence-electron chi connectivity index (χ4n) is 1.96. The maximum Gasteiger partial charge on any atom is 0.324 e. The van der Waals surface area contributed by atoms with Gasteiger partial charge in [-0.2, -0.15) is 0 Å². The van der Waals surface area contributed by atoms with Crippen LogP contribution in [0.2, 0.25) is 0 Å². The van der Waals surface area contributed by atoms with Gasteiger partial charge in [0.25, 0.3) is 0 Å². The van der Waals surface area contributed by atoms with Gasteiger partial charge in [-0.3, -0.25) is 10.1 Å². The molecule has 1 rings (SSSR count). The summed E-state index contributed by atoms with van der Waals surface area (Å²) in [5, 5.41) is 21.4. The number of aliphatic hydroxyl groups excluding tert-OH is 1. The molecule has 1 aliphatic rings. The predicted molar refractivity (Wildman–Crippen MR) is 48.5 cm³/mol. The summed E-state index contributed by atoms with van der Waals surface area (Å²) < 4.78 is 0. The second-order valence-electron chi connectivity index (χ2n) is 4.08. The van der Waals surface area contributed by atoms with Gasteiger partial charge in [0.05, 0.1) is 6.10 Å². The lowest BCUT2D eigenvalue weighted by Gasteiger charge is -2.27. The first-order valence-corrected chi connectivity index (χ1v) is 4.65. The van der Waals surface area contributed by atoms with Gasteiger partial charge in [-0.1, -0.05) is 0 Å². The first kappa shape index (κ1) is 10.5. The van der Waals surface area contributed by atoms with E-state index in [0.29, 0.717) is 19.3 Å². The van der Waals surface area contributed by atoms with E-state index in [1.807, 2.05) is 13.8 Å². The number of carbonyl (C=O) groups is 1. The van der Waals surface area contributed by atoms with E-state index in [2.05, 4.69) is 5.32 Å². The topological polar surface area (TPSA) is 69.6 Å². The van der Waals surface area contributed by atoms with Crippen LogP contribution in [0.25, 0.3) is 0 Å². The first-order valence-electron chi connectivity index (χ1n) is 4.65.